The molecule has 5 nitrogen and oxygen atoms in total. The van der Waals surface area contributed by atoms with Gasteiger partial charge in [-0.1, -0.05) is 37.6 Å². The molecule has 2 amide bonds. The van der Waals surface area contributed by atoms with Crippen LogP contribution in [0.5, 0.6) is 0 Å². The Morgan fingerprint density at radius 1 is 1.08 bits per heavy atom. The number of hydrogen-bond donors (Lipinski definition) is 0. The van der Waals surface area contributed by atoms with Crippen molar-refractivity contribution in [2.75, 3.05) is 32.8 Å². The smallest absolute Gasteiger partial charge is 0.409 e. The Kier molecular flexibility index (Phi) is 5.23. The van der Waals surface area contributed by atoms with E-state index in [1.807, 2.05) is 43.0 Å². The van der Waals surface area contributed by atoms with Crippen molar-refractivity contribution in [2.24, 2.45) is 5.92 Å². The predicted molar refractivity (Wildman–Crippen MR) is 96.7 cm³/mol. The Hall–Kier alpha value is -1.75. The lowest BCUT2D eigenvalue weighted by atomic mass is 9.94. The summed E-state index contributed by atoms with van der Waals surface area (Å²) in [5, 5.41) is 0.681. The minimum absolute atomic E-state index is 0.171. The van der Waals surface area contributed by atoms with Crippen molar-refractivity contribution in [2.45, 2.75) is 32.1 Å². The fourth-order valence-corrected chi connectivity index (χ4v) is 3.37. The highest BCUT2D eigenvalue weighted by molar-refractivity contribution is 6.30. The highest BCUT2D eigenvalue weighted by Gasteiger charge is 2.53. The summed E-state index contributed by atoms with van der Waals surface area (Å²) in [4.78, 5) is 28.6. The molecule has 1 aliphatic heterocycles. The van der Waals surface area contributed by atoms with Crippen molar-refractivity contribution >= 4 is 23.6 Å². The largest absolute Gasteiger partial charge is 0.449 e. The lowest BCUT2D eigenvalue weighted by Crippen LogP contribution is -2.53. The van der Waals surface area contributed by atoms with E-state index in [0.29, 0.717) is 43.7 Å². The second-order valence-corrected chi connectivity index (χ2v) is 7.78. The number of nitrogens with zero attached hydrogens (tertiary/aromatic N) is 2. The van der Waals surface area contributed by atoms with Gasteiger partial charge < -0.3 is 14.5 Å². The summed E-state index contributed by atoms with van der Waals surface area (Å²) < 4.78 is 5.27. The maximum atomic E-state index is 13.0. The summed E-state index contributed by atoms with van der Waals surface area (Å²) >= 11 is 5.96. The lowest BCUT2D eigenvalue weighted by molar-refractivity contribution is -0.135. The number of benzene rings is 1. The minimum atomic E-state index is -0.384. The van der Waals surface area contributed by atoms with Gasteiger partial charge in [0.15, 0.2) is 0 Å². The normalized spacial score (nSPS) is 19.0. The van der Waals surface area contributed by atoms with Gasteiger partial charge >= 0.3 is 6.09 Å². The number of carbonyl (C=O) groups excluding carboxylic acids is 2. The molecule has 0 radical (unpaired) electrons. The van der Waals surface area contributed by atoms with Gasteiger partial charge in [0, 0.05) is 31.2 Å². The van der Waals surface area contributed by atoms with Crippen molar-refractivity contribution in [3.63, 3.8) is 0 Å². The number of ether oxygens (including phenoxy) is 1. The molecule has 0 N–H and O–H groups in total. The molecule has 0 atom stereocenters. The maximum Gasteiger partial charge on any atom is 0.409 e. The summed E-state index contributed by atoms with van der Waals surface area (Å²) in [5.74, 6) is 0.492. The van der Waals surface area contributed by atoms with E-state index in [1.165, 1.54) is 0 Å². The number of carbonyl (C=O) groups is 2. The van der Waals surface area contributed by atoms with Gasteiger partial charge in [0.1, 0.15) is 0 Å². The minimum Gasteiger partial charge on any atom is -0.449 e. The molecule has 6 heteroatoms. The molecule has 136 valence electrons. The first-order chi connectivity index (χ1) is 11.9. The topological polar surface area (TPSA) is 49.9 Å². The van der Waals surface area contributed by atoms with Gasteiger partial charge in [0.2, 0.25) is 5.91 Å². The summed E-state index contributed by atoms with van der Waals surface area (Å²) in [5.41, 5.74) is 0.658. The van der Waals surface area contributed by atoms with Gasteiger partial charge in [0.25, 0.3) is 0 Å². The first-order valence-corrected chi connectivity index (χ1v) is 9.27. The average molecular weight is 365 g/mol. The highest BCUT2D eigenvalue weighted by Crippen LogP contribution is 2.49. The standard InChI is InChI=1S/C19H25ClN2O3/c1-14(2)13-25-18(24)22-11-9-21(10-12-22)17(23)19(7-8-19)15-3-5-16(20)6-4-15/h3-6,14H,7-13H2,1-2H3. The molecule has 3 rings (SSSR count). The monoisotopic (exact) mass is 364 g/mol. The van der Waals surface area contributed by atoms with E-state index >= 15 is 0 Å². The van der Waals surface area contributed by atoms with Gasteiger partial charge in [-0.05, 0) is 36.5 Å². The molecule has 1 saturated heterocycles. The second-order valence-electron chi connectivity index (χ2n) is 7.34. The molecule has 2 fully saturated rings. The molecule has 1 saturated carbocycles. The van der Waals surface area contributed by atoms with E-state index in [0.717, 1.165) is 18.4 Å². The molecule has 0 bridgehead atoms. The number of piperazine rings is 1. The molecular formula is C19H25ClN2O3. The second kappa shape index (κ2) is 7.24. The molecule has 1 aromatic carbocycles. The Morgan fingerprint density at radius 2 is 1.64 bits per heavy atom. The van der Waals surface area contributed by atoms with Crippen LogP contribution in [0, 0.1) is 5.92 Å². The highest BCUT2D eigenvalue weighted by atomic mass is 35.5. The van der Waals surface area contributed by atoms with E-state index < -0.39 is 0 Å². The first kappa shape index (κ1) is 18.1. The fourth-order valence-electron chi connectivity index (χ4n) is 3.24. The average Bonchev–Trinajstić information content (AvgIpc) is 3.41. The zero-order valence-corrected chi connectivity index (χ0v) is 15.6. The van der Waals surface area contributed by atoms with Crippen LogP contribution in [-0.4, -0.2) is 54.6 Å². The van der Waals surface area contributed by atoms with Gasteiger partial charge in [0.05, 0.1) is 12.0 Å². The molecule has 1 heterocycles. The SMILES string of the molecule is CC(C)COC(=O)N1CCN(C(=O)C2(c3ccc(Cl)cc3)CC2)CC1. The van der Waals surface area contributed by atoms with Crippen LogP contribution in [0.15, 0.2) is 24.3 Å². The van der Waals surface area contributed by atoms with E-state index in [2.05, 4.69) is 0 Å². The van der Waals surface area contributed by atoms with Crippen LogP contribution in [0.2, 0.25) is 5.02 Å². The molecular weight excluding hydrogens is 340 g/mol. The van der Waals surface area contributed by atoms with Gasteiger partial charge in [-0.25, -0.2) is 4.79 Å². The predicted octanol–water partition coefficient (Wildman–Crippen LogP) is 3.31. The van der Waals surface area contributed by atoms with Crippen LogP contribution in [0.25, 0.3) is 0 Å². The van der Waals surface area contributed by atoms with E-state index in [9.17, 15) is 9.59 Å². The Bertz CT molecular complexity index is 633. The third-order valence-electron chi connectivity index (χ3n) is 4.92. The van der Waals surface area contributed by atoms with Crippen LogP contribution in [0.1, 0.15) is 32.3 Å². The van der Waals surface area contributed by atoms with Crippen LogP contribution >= 0.6 is 11.6 Å². The van der Waals surface area contributed by atoms with E-state index in [4.69, 9.17) is 16.3 Å². The first-order valence-electron chi connectivity index (χ1n) is 8.89. The van der Waals surface area contributed by atoms with Crippen LogP contribution in [0.3, 0.4) is 0 Å². The molecule has 1 aliphatic carbocycles. The molecule has 0 spiro atoms. The van der Waals surface area contributed by atoms with Crippen molar-refractivity contribution in [3.8, 4) is 0 Å². The third kappa shape index (κ3) is 3.92. The molecule has 0 unspecified atom stereocenters. The number of rotatable bonds is 4. The van der Waals surface area contributed by atoms with Crippen molar-refractivity contribution in [3.05, 3.63) is 34.9 Å². The fraction of sp³-hybridized carbons (Fsp3) is 0.579. The number of amides is 2. The van der Waals surface area contributed by atoms with Crippen molar-refractivity contribution < 1.29 is 14.3 Å². The quantitative estimate of drug-likeness (QED) is 0.823. The molecule has 0 aromatic heterocycles. The Morgan fingerprint density at radius 3 is 2.16 bits per heavy atom. The third-order valence-corrected chi connectivity index (χ3v) is 5.17. The summed E-state index contributed by atoms with van der Waals surface area (Å²) in [7, 11) is 0. The maximum absolute atomic E-state index is 13.0. The Balaban J connectivity index is 1.57. The zero-order chi connectivity index (χ0) is 18.0. The van der Waals surface area contributed by atoms with Crippen molar-refractivity contribution in [1.82, 2.24) is 9.80 Å². The van der Waals surface area contributed by atoms with Gasteiger partial charge in [-0.2, -0.15) is 0 Å². The van der Waals surface area contributed by atoms with Gasteiger partial charge in [-0.15, -0.1) is 0 Å². The molecule has 1 aromatic rings. The van der Waals surface area contributed by atoms with E-state index in [1.54, 1.807) is 4.90 Å². The number of halogens is 1. The van der Waals surface area contributed by atoms with Crippen molar-refractivity contribution in [1.29, 1.82) is 0 Å². The van der Waals surface area contributed by atoms with Gasteiger partial charge in [-0.3, -0.25) is 4.79 Å². The zero-order valence-electron chi connectivity index (χ0n) is 14.8. The van der Waals surface area contributed by atoms with E-state index in [-0.39, 0.29) is 17.4 Å². The lowest BCUT2D eigenvalue weighted by Gasteiger charge is -2.36. The summed E-state index contributed by atoms with van der Waals surface area (Å²) in [6, 6.07) is 7.58. The summed E-state index contributed by atoms with van der Waals surface area (Å²) in [6.07, 6.45) is 1.48. The van der Waals surface area contributed by atoms with Crippen LogP contribution < -0.4 is 0 Å². The van der Waals surface area contributed by atoms with Crippen LogP contribution in [0.4, 0.5) is 4.79 Å². The van der Waals surface area contributed by atoms with Crippen LogP contribution in [-0.2, 0) is 14.9 Å². The molecule has 25 heavy (non-hydrogen) atoms. The number of hydrogen-bond acceptors (Lipinski definition) is 3. The molecule has 2 aliphatic rings. The summed E-state index contributed by atoms with van der Waals surface area (Å²) in [6.45, 7) is 6.62. The Labute approximate surface area is 153 Å².